The molecule has 1 aliphatic carbocycles. The third-order valence-corrected chi connectivity index (χ3v) is 7.84. The number of fused-ring (bicyclic) bond motifs is 1. The number of rotatable bonds is 6. The van der Waals surface area contributed by atoms with Crippen LogP contribution in [0.5, 0.6) is 0 Å². The van der Waals surface area contributed by atoms with Gasteiger partial charge >= 0.3 is 6.03 Å². The number of nitrogens with one attached hydrogen (secondary N) is 2. The summed E-state index contributed by atoms with van der Waals surface area (Å²) in [4.78, 5) is 32.4. The number of aromatic nitrogens is 1. The highest BCUT2D eigenvalue weighted by molar-refractivity contribution is 5.83. The Morgan fingerprint density at radius 1 is 1.02 bits per heavy atom. The average molecular weight is 541 g/mol. The molecule has 5 rings (SSSR count). The Hall–Kier alpha value is -3.71. The van der Waals surface area contributed by atoms with Crippen molar-refractivity contribution in [3.05, 3.63) is 88.7 Å². The number of aliphatic hydroxyl groups is 1. The predicted molar refractivity (Wildman–Crippen MR) is 156 cm³/mol. The third-order valence-electron chi connectivity index (χ3n) is 7.84. The monoisotopic (exact) mass is 540 g/mol. The van der Waals surface area contributed by atoms with Crippen LogP contribution in [-0.2, 0) is 29.9 Å². The number of pyridine rings is 1. The Kier molecular flexibility index (Phi) is 7.44. The van der Waals surface area contributed by atoms with Crippen LogP contribution in [0.15, 0.2) is 60.9 Å². The first-order valence-electron chi connectivity index (χ1n) is 14.1. The van der Waals surface area contributed by atoms with Crippen LogP contribution in [0.4, 0.5) is 4.79 Å². The molecule has 0 spiro atoms. The van der Waals surface area contributed by atoms with Crippen LogP contribution in [0, 0.1) is 5.92 Å². The first kappa shape index (κ1) is 27.8. The number of carbonyl (C=O) groups excluding carboxylic acids is 2. The lowest BCUT2D eigenvalue weighted by atomic mass is 9.87. The van der Waals surface area contributed by atoms with Gasteiger partial charge in [-0.05, 0) is 87.3 Å². The number of amides is 3. The lowest BCUT2D eigenvalue weighted by molar-refractivity contribution is -0.122. The zero-order valence-electron chi connectivity index (χ0n) is 24.1. The van der Waals surface area contributed by atoms with Gasteiger partial charge in [0.25, 0.3) is 0 Å². The number of urea groups is 1. The second-order valence-electron chi connectivity index (χ2n) is 12.7. The molecule has 3 aromatic rings. The second-order valence-corrected chi connectivity index (χ2v) is 12.7. The summed E-state index contributed by atoms with van der Waals surface area (Å²) in [6, 6.07) is 16.2. The standard InChI is InChI=1S/C33H40N4O3/c1-32(2,3)36-31(39)37-14-13-26-25(23-15-24(19-34-17-23)33(4,5)40)12-11-22(29(26)20-37)18-35-30(38)28-16-27(28)21-9-7-6-8-10-21/h6-12,15,17,19,27-28,40H,13-14,16,18,20H2,1-5H3,(H,35,38)(H,36,39)/t27-,28+/m1/s1. The van der Waals surface area contributed by atoms with E-state index >= 15 is 0 Å². The molecule has 0 bridgehead atoms. The van der Waals surface area contributed by atoms with Crippen molar-refractivity contribution in [2.45, 2.75) is 77.6 Å². The van der Waals surface area contributed by atoms with Crippen molar-refractivity contribution in [1.29, 1.82) is 0 Å². The maximum atomic E-state index is 13.1. The highest BCUT2D eigenvalue weighted by atomic mass is 16.3. The Labute approximate surface area is 237 Å². The molecule has 0 unspecified atom stereocenters. The van der Waals surface area contributed by atoms with Gasteiger partial charge in [-0.3, -0.25) is 9.78 Å². The molecule has 1 saturated carbocycles. The molecule has 0 radical (unpaired) electrons. The Balaban J connectivity index is 1.41. The minimum atomic E-state index is -1.00. The van der Waals surface area contributed by atoms with E-state index in [-0.39, 0.29) is 29.3 Å². The van der Waals surface area contributed by atoms with Crippen molar-refractivity contribution in [2.75, 3.05) is 6.54 Å². The second kappa shape index (κ2) is 10.7. The molecule has 7 heteroatoms. The van der Waals surface area contributed by atoms with Crippen molar-refractivity contribution in [3.8, 4) is 11.1 Å². The molecule has 1 aromatic heterocycles. The Bertz CT molecular complexity index is 1410. The van der Waals surface area contributed by atoms with Crippen LogP contribution in [0.25, 0.3) is 11.1 Å². The molecule has 2 aromatic carbocycles. The summed E-state index contributed by atoms with van der Waals surface area (Å²) in [6.07, 6.45) is 5.08. The molecule has 0 saturated heterocycles. The van der Waals surface area contributed by atoms with E-state index in [1.54, 1.807) is 20.0 Å². The fraction of sp³-hybridized carbons (Fsp3) is 0.424. The van der Waals surface area contributed by atoms with Crippen molar-refractivity contribution in [3.63, 3.8) is 0 Å². The van der Waals surface area contributed by atoms with Crippen molar-refractivity contribution >= 4 is 11.9 Å². The lowest BCUT2D eigenvalue weighted by Crippen LogP contribution is -2.50. The van der Waals surface area contributed by atoms with E-state index in [9.17, 15) is 14.7 Å². The normalized spacial score (nSPS) is 18.6. The van der Waals surface area contributed by atoms with E-state index in [0.29, 0.717) is 26.1 Å². The van der Waals surface area contributed by atoms with E-state index in [2.05, 4.69) is 39.9 Å². The Morgan fingerprint density at radius 3 is 2.48 bits per heavy atom. The Morgan fingerprint density at radius 2 is 1.77 bits per heavy atom. The fourth-order valence-corrected chi connectivity index (χ4v) is 5.54. The molecule has 210 valence electrons. The molecule has 40 heavy (non-hydrogen) atoms. The minimum absolute atomic E-state index is 0.00205. The smallest absolute Gasteiger partial charge is 0.318 e. The maximum absolute atomic E-state index is 13.1. The molecule has 1 aliphatic heterocycles. The van der Waals surface area contributed by atoms with Crippen LogP contribution in [-0.4, -0.2) is 39.0 Å². The van der Waals surface area contributed by atoms with E-state index < -0.39 is 5.60 Å². The van der Waals surface area contributed by atoms with Crippen LogP contribution >= 0.6 is 0 Å². The van der Waals surface area contributed by atoms with Gasteiger partial charge in [-0.15, -0.1) is 0 Å². The number of hydrogen-bond donors (Lipinski definition) is 3. The molecule has 2 aliphatic rings. The SMILES string of the molecule is CC(C)(C)NC(=O)N1CCc2c(-c3cncc(C(C)(C)O)c3)ccc(CNC(=O)[C@H]3C[C@@H]3c3ccccc3)c2C1. The van der Waals surface area contributed by atoms with Gasteiger partial charge in [0.15, 0.2) is 0 Å². The van der Waals surface area contributed by atoms with Crippen LogP contribution < -0.4 is 10.6 Å². The molecule has 7 nitrogen and oxygen atoms in total. The number of benzene rings is 2. The quantitative estimate of drug-likeness (QED) is 0.397. The van der Waals surface area contributed by atoms with Gasteiger partial charge in [-0.25, -0.2) is 4.79 Å². The van der Waals surface area contributed by atoms with Crippen LogP contribution in [0.3, 0.4) is 0 Å². The fourth-order valence-electron chi connectivity index (χ4n) is 5.54. The highest BCUT2D eigenvalue weighted by Crippen LogP contribution is 2.47. The van der Waals surface area contributed by atoms with Gasteiger partial charge in [0.05, 0.1) is 5.60 Å². The van der Waals surface area contributed by atoms with Gasteiger partial charge in [0, 0.05) is 54.6 Å². The number of carbonyl (C=O) groups is 2. The van der Waals surface area contributed by atoms with Crippen LogP contribution in [0.2, 0.25) is 0 Å². The predicted octanol–water partition coefficient (Wildman–Crippen LogP) is 5.26. The van der Waals surface area contributed by atoms with Crippen molar-refractivity contribution in [2.24, 2.45) is 5.92 Å². The molecular weight excluding hydrogens is 500 g/mol. The maximum Gasteiger partial charge on any atom is 0.318 e. The van der Waals surface area contributed by atoms with Gasteiger partial charge < -0.3 is 20.6 Å². The summed E-state index contributed by atoms with van der Waals surface area (Å²) < 4.78 is 0. The first-order chi connectivity index (χ1) is 18.9. The number of hydrogen-bond acceptors (Lipinski definition) is 4. The van der Waals surface area contributed by atoms with Gasteiger partial charge in [-0.1, -0.05) is 42.5 Å². The molecule has 2 heterocycles. The minimum Gasteiger partial charge on any atom is -0.386 e. The molecule has 3 N–H and O–H groups in total. The van der Waals surface area contributed by atoms with E-state index in [4.69, 9.17) is 0 Å². The summed E-state index contributed by atoms with van der Waals surface area (Å²) in [5.41, 5.74) is 5.85. The molecule has 2 atom stereocenters. The summed E-state index contributed by atoms with van der Waals surface area (Å²) in [5, 5.41) is 16.8. The molecule has 1 fully saturated rings. The van der Waals surface area contributed by atoms with Gasteiger partial charge in [-0.2, -0.15) is 0 Å². The molecule has 3 amide bonds. The first-order valence-corrected chi connectivity index (χ1v) is 14.1. The van der Waals surface area contributed by atoms with E-state index in [1.165, 1.54) is 5.56 Å². The lowest BCUT2D eigenvalue weighted by Gasteiger charge is -2.34. The zero-order valence-corrected chi connectivity index (χ0v) is 24.1. The largest absolute Gasteiger partial charge is 0.386 e. The summed E-state index contributed by atoms with van der Waals surface area (Å²) in [5.74, 6) is 0.360. The van der Waals surface area contributed by atoms with E-state index in [0.717, 1.165) is 39.8 Å². The summed E-state index contributed by atoms with van der Waals surface area (Å²) in [6.45, 7) is 10.9. The van der Waals surface area contributed by atoms with Crippen molar-refractivity contribution < 1.29 is 14.7 Å². The van der Waals surface area contributed by atoms with Gasteiger partial charge in [0.2, 0.25) is 5.91 Å². The zero-order chi connectivity index (χ0) is 28.7. The summed E-state index contributed by atoms with van der Waals surface area (Å²) >= 11 is 0. The number of nitrogens with zero attached hydrogens (tertiary/aromatic N) is 2. The topological polar surface area (TPSA) is 94.6 Å². The average Bonchev–Trinajstić information content (AvgIpc) is 3.72. The van der Waals surface area contributed by atoms with E-state index in [1.807, 2.05) is 56.1 Å². The highest BCUT2D eigenvalue weighted by Gasteiger charge is 2.43. The molecular formula is C33H40N4O3. The summed E-state index contributed by atoms with van der Waals surface area (Å²) in [7, 11) is 0. The third kappa shape index (κ3) is 6.20. The van der Waals surface area contributed by atoms with Crippen molar-refractivity contribution in [1.82, 2.24) is 20.5 Å². The van der Waals surface area contributed by atoms with Crippen LogP contribution in [0.1, 0.15) is 74.8 Å². The van der Waals surface area contributed by atoms with Gasteiger partial charge in [0.1, 0.15) is 0 Å².